The van der Waals surface area contributed by atoms with Crippen LogP contribution in [0.1, 0.15) is 12.0 Å². The fourth-order valence-electron chi connectivity index (χ4n) is 2.52. The number of nitrogens with zero attached hydrogens (tertiary/aromatic N) is 3. The van der Waals surface area contributed by atoms with Crippen molar-refractivity contribution < 1.29 is 31.2 Å². The van der Waals surface area contributed by atoms with E-state index in [2.05, 4.69) is 21.0 Å². The third-order valence-corrected chi connectivity index (χ3v) is 6.45. The summed E-state index contributed by atoms with van der Waals surface area (Å²) in [6, 6.07) is 3.62. The van der Waals surface area contributed by atoms with Gasteiger partial charge in [-0.2, -0.15) is 17.5 Å². The molecule has 162 valence electrons. The quantitative estimate of drug-likeness (QED) is 0.604. The molecule has 30 heavy (non-hydrogen) atoms. The summed E-state index contributed by atoms with van der Waals surface area (Å²) in [6.07, 6.45) is -2.88. The van der Waals surface area contributed by atoms with Crippen molar-refractivity contribution in [1.82, 2.24) is 20.0 Å². The lowest BCUT2D eigenvalue weighted by Gasteiger charge is -2.26. The molecule has 14 heteroatoms. The van der Waals surface area contributed by atoms with E-state index in [0.29, 0.717) is 16.9 Å². The number of alkyl halides is 3. The molecule has 0 fully saturated rings. The summed E-state index contributed by atoms with van der Waals surface area (Å²) in [6.45, 7) is -0.331. The highest BCUT2D eigenvalue weighted by Crippen LogP contribution is 2.31. The van der Waals surface area contributed by atoms with Crippen molar-refractivity contribution in [3.63, 3.8) is 0 Å². The second-order valence-corrected chi connectivity index (χ2v) is 8.82. The Kier molecular flexibility index (Phi) is 6.70. The molecule has 0 bridgehead atoms. The van der Waals surface area contributed by atoms with E-state index in [0.717, 1.165) is 33.8 Å². The van der Waals surface area contributed by atoms with Gasteiger partial charge in [-0.1, -0.05) is 17.4 Å². The molecular weight excluding hydrogens is 447 g/mol. The summed E-state index contributed by atoms with van der Waals surface area (Å²) in [4.78, 5) is 16.3. The van der Waals surface area contributed by atoms with Crippen LogP contribution in [0.3, 0.4) is 0 Å². The monoisotopic (exact) mass is 463 g/mol. The number of aromatic nitrogens is 2. The van der Waals surface area contributed by atoms with Crippen LogP contribution in [0.25, 0.3) is 0 Å². The van der Waals surface area contributed by atoms with Gasteiger partial charge in [0.05, 0.1) is 10.5 Å². The molecular formula is C16H16F3N5O4S2. The number of carbonyl (C=O) groups is 1. The second kappa shape index (κ2) is 9.07. The molecule has 0 unspecified atom stereocenters. The number of amides is 1. The normalized spacial score (nSPS) is 15.5. The van der Waals surface area contributed by atoms with Crippen LogP contribution in [-0.2, 0) is 25.8 Å². The highest BCUT2D eigenvalue weighted by Gasteiger charge is 2.33. The fourth-order valence-corrected chi connectivity index (χ4v) is 4.41. The van der Waals surface area contributed by atoms with Crippen molar-refractivity contribution in [1.29, 1.82) is 0 Å². The van der Waals surface area contributed by atoms with Gasteiger partial charge >= 0.3 is 6.18 Å². The molecule has 1 amide bonds. The molecule has 2 heterocycles. The number of carbonyl (C=O) groups excluding carboxylic acids is 1. The molecule has 0 aliphatic carbocycles. The molecule has 0 atom stereocenters. The molecule has 2 N–H and O–H groups in total. The van der Waals surface area contributed by atoms with Crippen LogP contribution < -0.4 is 10.8 Å². The fraction of sp³-hybridized carbons (Fsp3) is 0.312. The molecule has 0 spiro atoms. The lowest BCUT2D eigenvalue weighted by atomic mass is 10.2. The molecule has 1 aromatic carbocycles. The summed E-state index contributed by atoms with van der Waals surface area (Å²) >= 11 is 1.15. The van der Waals surface area contributed by atoms with Gasteiger partial charge in [-0.05, 0) is 24.3 Å². The van der Waals surface area contributed by atoms with Crippen molar-refractivity contribution >= 4 is 32.4 Å². The summed E-state index contributed by atoms with van der Waals surface area (Å²) in [5, 5.41) is 10.0. The number of benzene rings is 1. The third kappa shape index (κ3) is 5.53. The zero-order valence-electron chi connectivity index (χ0n) is 15.2. The minimum Gasteiger partial charge on any atom is -0.298 e. The third-order valence-electron chi connectivity index (χ3n) is 3.98. The van der Waals surface area contributed by atoms with Gasteiger partial charge in [0.1, 0.15) is 5.51 Å². The van der Waals surface area contributed by atoms with E-state index >= 15 is 0 Å². The van der Waals surface area contributed by atoms with Gasteiger partial charge in [0.2, 0.25) is 15.2 Å². The number of rotatable bonds is 7. The first kappa shape index (κ1) is 22.1. The molecule has 0 saturated heterocycles. The maximum atomic E-state index is 12.9. The van der Waals surface area contributed by atoms with E-state index in [4.69, 9.17) is 4.84 Å². The first-order valence-corrected chi connectivity index (χ1v) is 10.8. The van der Waals surface area contributed by atoms with E-state index in [-0.39, 0.29) is 26.1 Å². The second-order valence-electron chi connectivity index (χ2n) is 6.05. The molecule has 3 rings (SSSR count). The molecule has 0 radical (unpaired) electrons. The number of anilines is 1. The molecule has 2 aromatic rings. The average molecular weight is 463 g/mol. The first-order valence-electron chi connectivity index (χ1n) is 8.46. The zero-order valence-corrected chi connectivity index (χ0v) is 16.9. The topological polar surface area (TPSA) is 114 Å². The van der Waals surface area contributed by atoms with Crippen molar-refractivity contribution in [2.24, 2.45) is 0 Å². The largest absolute Gasteiger partial charge is 0.416 e. The van der Waals surface area contributed by atoms with Crippen LogP contribution in [-0.4, -0.2) is 48.5 Å². The minimum absolute atomic E-state index is 0.0394. The van der Waals surface area contributed by atoms with Gasteiger partial charge in [0, 0.05) is 25.2 Å². The maximum Gasteiger partial charge on any atom is 0.416 e. The van der Waals surface area contributed by atoms with Crippen molar-refractivity contribution in [3.8, 4) is 0 Å². The first-order chi connectivity index (χ1) is 14.2. The van der Waals surface area contributed by atoms with Gasteiger partial charge in [0.15, 0.2) is 6.61 Å². The van der Waals surface area contributed by atoms with E-state index in [1.165, 1.54) is 11.6 Å². The number of hydroxylamine groups is 1. The number of nitrogens with one attached hydrogen (secondary N) is 2. The van der Waals surface area contributed by atoms with Crippen molar-refractivity contribution in [2.75, 3.05) is 25.0 Å². The van der Waals surface area contributed by atoms with Crippen LogP contribution in [0, 0.1) is 0 Å². The standard InChI is InChI=1S/C16H16F3N5O4S2/c17-16(18,19)11-2-1-3-13(8-11)30(26,27)24-6-4-12(5-7-24)23-28-9-14(25)21-15-22-20-10-29-15/h1-4,8,10,23H,5-7,9H2,(H,21,22,25). The van der Waals surface area contributed by atoms with Gasteiger partial charge < -0.3 is 0 Å². The predicted molar refractivity (Wildman–Crippen MR) is 101 cm³/mol. The lowest BCUT2D eigenvalue weighted by molar-refractivity contribution is -0.137. The van der Waals surface area contributed by atoms with E-state index < -0.39 is 32.6 Å². The Morgan fingerprint density at radius 2 is 2.13 bits per heavy atom. The van der Waals surface area contributed by atoms with Gasteiger partial charge in [-0.3, -0.25) is 20.4 Å². The molecule has 1 aromatic heterocycles. The predicted octanol–water partition coefficient (Wildman–Crippen LogP) is 2.00. The highest BCUT2D eigenvalue weighted by atomic mass is 32.2. The van der Waals surface area contributed by atoms with Crippen LogP contribution in [0.4, 0.5) is 18.3 Å². The molecule has 1 aliphatic heterocycles. The smallest absolute Gasteiger partial charge is 0.298 e. The molecule has 0 saturated carbocycles. The summed E-state index contributed by atoms with van der Waals surface area (Å²) in [7, 11) is -4.09. The Balaban J connectivity index is 1.54. The van der Waals surface area contributed by atoms with Crippen LogP contribution >= 0.6 is 11.3 Å². The highest BCUT2D eigenvalue weighted by molar-refractivity contribution is 7.89. The summed E-state index contributed by atoms with van der Waals surface area (Å²) < 4.78 is 64.9. The Morgan fingerprint density at radius 3 is 2.77 bits per heavy atom. The van der Waals surface area contributed by atoms with Crippen molar-refractivity contribution in [3.05, 3.63) is 47.1 Å². The van der Waals surface area contributed by atoms with Gasteiger partial charge in [0.25, 0.3) is 5.91 Å². The maximum absolute atomic E-state index is 12.9. The number of halogens is 3. The average Bonchev–Trinajstić information content (AvgIpc) is 3.21. The Hall–Kier alpha value is -2.55. The SMILES string of the molecule is O=C(CONC1=CCN(S(=O)(=O)c2cccc(C(F)(F)F)c2)CC1)Nc1nncs1. The molecule has 9 nitrogen and oxygen atoms in total. The Labute approximate surface area is 173 Å². The van der Waals surface area contributed by atoms with E-state index in [1.54, 1.807) is 0 Å². The summed E-state index contributed by atoms with van der Waals surface area (Å²) in [5.74, 6) is -0.454. The van der Waals surface area contributed by atoms with Crippen molar-refractivity contribution in [2.45, 2.75) is 17.5 Å². The van der Waals surface area contributed by atoms with Crippen LogP contribution in [0.2, 0.25) is 0 Å². The van der Waals surface area contributed by atoms with E-state index in [1.807, 2.05) is 0 Å². The summed E-state index contributed by atoms with van der Waals surface area (Å²) in [5.41, 5.74) is 3.55. The molecule has 1 aliphatic rings. The van der Waals surface area contributed by atoms with E-state index in [9.17, 15) is 26.4 Å². The lowest BCUT2D eigenvalue weighted by Crippen LogP contribution is -2.37. The van der Waals surface area contributed by atoms with Gasteiger partial charge in [-0.15, -0.1) is 10.2 Å². The van der Waals surface area contributed by atoms with Gasteiger partial charge in [-0.25, -0.2) is 8.42 Å². The Bertz CT molecular complexity index is 1030. The number of sulfonamides is 1. The number of hydrogen-bond donors (Lipinski definition) is 2. The zero-order chi connectivity index (χ0) is 21.8. The Morgan fingerprint density at radius 1 is 1.33 bits per heavy atom. The van der Waals surface area contributed by atoms with Crippen LogP contribution in [0.15, 0.2) is 46.4 Å². The number of hydrogen-bond acceptors (Lipinski definition) is 8. The minimum atomic E-state index is -4.63. The van der Waals surface area contributed by atoms with Crippen LogP contribution in [0.5, 0.6) is 0 Å².